The first-order valence-corrected chi connectivity index (χ1v) is 7.77. The quantitative estimate of drug-likeness (QED) is 0.687. The largest absolute Gasteiger partial charge is 0.331 e. The highest BCUT2D eigenvalue weighted by molar-refractivity contribution is 7.99. The van der Waals surface area contributed by atoms with Crippen LogP contribution in [0.4, 0.5) is 0 Å². The molecule has 0 fully saturated rings. The van der Waals surface area contributed by atoms with Crippen molar-refractivity contribution >= 4 is 17.2 Å². The van der Waals surface area contributed by atoms with E-state index in [9.17, 15) is 13.0 Å². The van der Waals surface area contributed by atoms with Crippen LogP contribution >= 0.6 is 7.37 Å². The van der Waals surface area contributed by atoms with Crippen LogP contribution in [0, 0.1) is 0 Å². The molecule has 0 saturated heterocycles. The van der Waals surface area contributed by atoms with E-state index in [0.29, 0.717) is 0 Å². The number of hydrogen-bond acceptors (Lipinski definition) is 4. The van der Waals surface area contributed by atoms with Crippen molar-refractivity contribution in [3.8, 4) is 0 Å². The van der Waals surface area contributed by atoms with E-state index >= 15 is 0 Å². The molecule has 0 aromatic carbocycles. The molecule has 0 aliphatic heterocycles. The first-order valence-electron chi connectivity index (χ1n) is 4.02. The van der Waals surface area contributed by atoms with E-state index in [2.05, 4.69) is 0 Å². The molecule has 2 unspecified atom stereocenters. The molecule has 4 nitrogen and oxygen atoms in total. The van der Waals surface area contributed by atoms with Gasteiger partial charge in [-0.3, -0.25) is 4.57 Å². The van der Waals surface area contributed by atoms with Gasteiger partial charge in [0.05, 0.1) is 5.25 Å². The van der Waals surface area contributed by atoms with Gasteiger partial charge in [-0.25, -0.2) is 8.42 Å². The van der Waals surface area contributed by atoms with E-state index in [1.165, 1.54) is 20.7 Å². The molecule has 0 spiro atoms. The molecule has 6 heteroatoms. The summed E-state index contributed by atoms with van der Waals surface area (Å²) in [6, 6.07) is 0. The summed E-state index contributed by atoms with van der Waals surface area (Å²) in [7, 11) is -5.09. The minimum Gasteiger partial charge on any atom is -0.331 e. The van der Waals surface area contributed by atoms with E-state index in [0.717, 1.165) is 0 Å². The topological polar surface area (TPSA) is 60.4 Å². The summed E-state index contributed by atoms with van der Waals surface area (Å²) >= 11 is 0. The molecule has 13 heavy (non-hydrogen) atoms. The summed E-state index contributed by atoms with van der Waals surface area (Å²) in [5.74, 6) is 0. The summed E-state index contributed by atoms with van der Waals surface area (Å²) < 4.78 is 39.5. The highest BCUT2D eigenvalue weighted by Gasteiger charge is 2.37. The maximum atomic E-state index is 11.6. The lowest BCUT2D eigenvalue weighted by molar-refractivity contribution is 0.396. The Labute approximate surface area is 80.0 Å². The summed E-state index contributed by atoms with van der Waals surface area (Å²) in [6.07, 6.45) is 0. The van der Waals surface area contributed by atoms with Crippen molar-refractivity contribution in [2.75, 3.05) is 13.8 Å². The van der Waals surface area contributed by atoms with E-state index < -0.39 is 27.4 Å². The zero-order valence-corrected chi connectivity index (χ0v) is 10.4. The predicted octanol–water partition coefficient (Wildman–Crippen LogP) is 1.71. The van der Waals surface area contributed by atoms with Crippen molar-refractivity contribution in [1.29, 1.82) is 0 Å². The van der Waals surface area contributed by atoms with Crippen LogP contribution in [0.1, 0.15) is 20.8 Å². The van der Waals surface area contributed by atoms with E-state index in [4.69, 9.17) is 4.52 Å². The lowest BCUT2D eigenvalue weighted by atomic mass is 10.6. The third-order valence-corrected chi connectivity index (χ3v) is 8.50. The van der Waals surface area contributed by atoms with Crippen LogP contribution in [0.5, 0.6) is 0 Å². The van der Waals surface area contributed by atoms with Crippen LogP contribution in [0.15, 0.2) is 0 Å². The van der Waals surface area contributed by atoms with Crippen LogP contribution in [-0.4, -0.2) is 32.4 Å². The van der Waals surface area contributed by atoms with E-state index in [1.807, 2.05) is 0 Å². The van der Waals surface area contributed by atoms with Gasteiger partial charge in [0.2, 0.25) is 7.37 Å². The molecule has 0 saturated carbocycles. The Hall–Kier alpha value is 0.140. The van der Waals surface area contributed by atoms with Crippen LogP contribution in [0.2, 0.25) is 0 Å². The van der Waals surface area contributed by atoms with Crippen LogP contribution in [-0.2, 0) is 18.9 Å². The van der Waals surface area contributed by atoms with E-state index in [-0.39, 0.29) is 0 Å². The first-order chi connectivity index (χ1) is 5.66. The highest BCUT2D eigenvalue weighted by atomic mass is 32.2. The fourth-order valence-electron chi connectivity index (χ4n) is 0.809. The summed E-state index contributed by atoms with van der Waals surface area (Å²) in [4.78, 5) is -0.926. The molecule has 0 radical (unpaired) electrons. The molecule has 0 rings (SSSR count). The maximum absolute atomic E-state index is 11.6. The second-order valence-electron chi connectivity index (χ2n) is 3.33. The van der Waals surface area contributed by atoms with Crippen molar-refractivity contribution < 1.29 is 17.5 Å². The van der Waals surface area contributed by atoms with Gasteiger partial charge in [0.15, 0.2) is 9.84 Å². The molecule has 0 heterocycles. The lowest BCUT2D eigenvalue weighted by Crippen LogP contribution is -2.26. The molecule has 0 aromatic heterocycles. The van der Waals surface area contributed by atoms with Crippen molar-refractivity contribution in [3.63, 3.8) is 0 Å². The Balaban J connectivity index is 5.03. The van der Waals surface area contributed by atoms with Crippen molar-refractivity contribution in [1.82, 2.24) is 0 Å². The lowest BCUT2D eigenvalue weighted by Gasteiger charge is -2.21. The van der Waals surface area contributed by atoms with Crippen LogP contribution in [0.25, 0.3) is 0 Å². The molecule has 80 valence electrons. The molecular formula is C7H17O4PS. The van der Waals surface area contributed by atoms with Gasteiger partial charge >= 0.3 is 0 Å². The first kappa shape index (κ1) is 13.1. The third kappa shape index (κ3) is 2.79. The predicted molar refractivity (Wildman–Crippen MR) is 54.1 cm³/mol. The van der Waals surface area contributed by atoms with Gasteiger partial charge in [-0.15, -0.1) is 0 Å². The van der Waals surface area contributed by atoms with E-state index in [1.54, 1.807) is 13.8 Å². The van der Waals surface area contributed by atoms with Crippen molar-refractivity contribution in [2.24, 2.45) is 0 Å². The molecule has 0 N–H and O–H groups in total. The molecule has 2 atom stereocenters. The second kappa shape index (κ2) is 4.11. The molecule has 0 aliphatic carbocycles. The Bertz CT molecular complexity index is 306. The summed E-state index contributed by atoms with van der Waals surface area (Å²) in [6.45, 7) is 5.92. The fourth-order valence-corrected chi connectivity index (χ4v) is 5.02. The minimum absolute atomic E-state index is 0.522. The number of hydrogen-bond donors (Lipinski definition) is 0. The van der Waals surface area contributed by atoms with Gasteiger partial charge in [0, 0.05) is 13.8 Å². The van der Waals surface area contributed by atoms with Crippen LogP contribution < -0.4 is 0 Å². The van der Waals surface area contributed by atoms with Gasteiger partial charge in [-0.2, -0.15) is 0 Å². The Morgan fingerprint density at radius 2 is 1.62 bits per heavy atom. The third-order valence-electron chi connectivity index (χ3n) is 2.16. The van der Waals surface area contributed by atoms with Crippen molar-refractivity contribution in [3.05, 3.63) is 0 Å². The summed E-state index contributed by atoms with van der Waals surface area (Å²) in [5.41, 5.74) is 0. The standard InChI is InChI=1S/C7H17O4PS/c1-6(2)13(9,10)7(3)12(5,8)11-4/h6-7H,1-5H3. The summed E-state index contributed by atoms with van der Waals surface area (Å²) in [5, 5.41) is -0.522. The fraction of sp³-hybridized carbons (Fsp3) is 1.00. The molecule has 0 aliphatic rings. The zero-order valence-electron chi connectivity index (χ0n) is 8.64. The zero-order chi connectivity index (χ0) is 10.9. The molecule has 0 amide bonds. The highest BCUT2D eigenvalue weighted by Crippen LogP contribution is 2.49. The van der Waals surface area contributed by atoms with Crippen molar-refractivity contribution in [2.45, 2.75) is 31.0 Å². The monoisotopic (exact) mass is 228 g/mol. The normalized spacial score (nSPS) is 19.8. The SMILES string of the molecule is COP(C)(=O)C(C)S(=O)(=O)C(C)C. The Morgan fingerprint density at radius 3 is 1.85 bits per heavy atom. The molecule has 0 bridgehead atoms. The van der Waals surface area contributed by atoms with Gasteiger partial charge in [-0.1, -0.05) is 0 Å². The Kier molecular flexibility index (Phi) is 4.16. The van der Waals surface area contributed by atoms with Gasteiger partial charge in [0.25, 0.3) is 0 Å². The average Bonchev–Trinajstić information content (AvgIpc) is 2.02. The van der Waals surface area contributed by atoms with Gasteiger partial charge in [-0.05, 0) is 20.8 Å². The second-order valence-corrected chi connectivity index (χ2v) is 9.46. The van der Waals surface area contributed by atoms with Gasteiger partial charge in [0.1, 0.15) is 4.99 Å². The van der Waals surface area contributed by atoms with Crippen LogP contribution in [0.3, 0.4) is 0 Å². The Morgan fingerprint density at radius 1 is 1.23 bits per heavy atom. The maximum Gasteiger partial charge on any atom is 0.217 e. The van der Waals surface area contributed by atoms with Gasteiger partial charge < -0.3 is 4.52 Å². The minimum atomic E-state index is -3.33. The average molecular weight is 228 g/mol. The number of sulfone groups is 1. The molecular weight excluding hydrogens is 211 g/mol. The molecule has 0 aromatic rings. The smallest absolute Gasteiger partial charge is 0.217 e. The number of rotatable bonds is 4.